The van der Waals surface area contributed by atoms with E-state index in [-0.39, 0.29) is 37.7 Å². The van der Waals surface area contributed by atoms with Crippen molar-refractivity contribution in [2.45, 2.75) is 19.4 Å². The summed E-state index contributed by atoms with van der Waals surface area (Å²) in [6.07, 6.45) is 12.3. The van der Waals surface area contributed by atoms with E-state index in [4.69, 9.17) is 0 Å². The van der Waals surface area contributed by atoms with Crippen LogP contribution in [-0.4, -0.2) is 79.3 Å². The number of hydrogen-bond acceptors (Lipinski definition) is 8. The number of hydrogen-bond donors (Lipinski definition) is 2. The molecule has 2 heterocycles. The molecule has 2 N–H and O–H groups in total. The molecular weight excluding hydrogens is 368 g/mol. The Balaban J connectivity index is 0.000000160. The van der Waals surface area contributed by atoms with E-state index in [1.165, 1.54) is 24.3 Å². The molecule has 2 fully saturated rings. The van der Waals surface area contributed by atoms with E-state index in [1.807, 2.05) is 0 Å². The zero-order valence-corrected chi connectivity index (χ0v) is 15.5. The van der Waals surface area contributed by atoms with Crippen LogP contribution in [-0.2, 0) is 9.59 Å². The van der Waals surface area contributed by atoms with Gasteiger partial charge in [-0.25, -0.2) is 0 Å². The van der Waals surface area contributed by atoms with Crippen molar-refractivity contribution in [3.05, 3.63) is 48.6 Å². The van der Waals surface area contributed by atoms with Gasteiger partial charge in [-0.1, -0.05) is 60.0 Å². The molecule has 4 aliphatic rings. The molecule has 0 saturated carbocycles. The molecule has 0 aromatic heterocycles. The van der Waals surface area contributed by atoms with E-state index in [1.54, 1.807) is 24.3 Å². The van der Waals surface area contributed by atoms with Gasteiger partial charge >= 0.3 is 37.7 Å². The fourth-order valence-corrected chi connectivity index (χ4v) is 4.40. The summed E-state index contributed by atoms with van der Waals surface area (Å²) in [5, 5.41) is 40.0. The monoisotopic (exact) mass is 378 g/mol. The molecule has 23 heavy (non-hydrogen) atoms. The number of fused-ring (bicyclic) bond motifs is 2. The first-order valence-electron chi connectivity index (χ1n) is 6.23. The number of carbonyl (C=O) groups excluding carboxylic acids is 2. The Bertz CT molecular complexity index is 631. The zero-order chi connectivity index (χ0) is 16.2. The van der Waals surface area contributed by atoms with E-state index in [2.05, 4.69) is 0 Å². The van der Waals surface area contributed by atoms with Crippen molar-refractivity contribution in [2.24, 2.45) is 0 Å². The Hall–Kier alpha value is -0.220. The summed E-state index contributed by atoms with van der Waals surface area (Å²) in [6, 6.07) is 0. The van der Waals surface area contributed by atoms with Crippen LogP contribution in [0, 0.1) is 0 Å². The van der Waals surface area contributed by atoms with Gasteiger partial charge in [0.05, 0.1) is 11.9 Å². The molecule has 0 bridgehead atoms. The van der Waals surface area contributed by atoms with E-state index >= 15 is 0 Å². The molecule has 9 heteroatoms. The standard InChI is InChI=1S/2C7H6O3S.Ca/c2*8-5(9)6-3-1-2-4-7(6,10)11-6;/h2*1-4,10H,(H,8,9);/q;;+2/p-2. The van der Waals surface area contributed by atoms with E-state index < -0.39 is 31.3 Å². The van der Waals surface area contributed by atoms with Gasteiger partial charge in [0.1, 0.15) is 9.49 Å². The van der Waals surface area contributed by atoms with Crippen LogP contribution in [0.15, 0.2) is 48.6 Å². The van der Waals surface area contributed by atoms with Gasteiger partial charge in [0.25, 0.3) is 0 Å². The summed E-state index contributed by atoms with van der Waals surface area (Å²) < 4.78 is -2.41. The molecule has 4 atom stereocenters. The van der Waals surface area contributed by atoms with Crippen molar-refractivity contribution in [1.82, 2.24) is 0 Å². The number of aliphatic hydroxyl groups is 2. The summed E-state index contributed by atoms with van der Waals surface area (Å²) in [5.74, 6) is -2.46. The summed E-state index contributed by atoms with van der Waals surface area (Å²) in [6.45, 7) is 0. The van der Waals surface area contributed by atoms with Gasteiger partial charge in [-0.3, -0.25) is 0 Å². The Morgan fingerprint density at radius 3 is 1.26 bits per heavy atom. The van der Waals surface area contributed by atoms with Crippen LogP contribution in [0.5, 0.6) is 0 Å². The molecule has 2 aliphatic carbocycles. The van der Waals surface area contributed by atoms with Crippen molar-refractivity contribution >= 4 is 73.2 Å². The van der Waals surface area contributed by atoms with Gasteiger partial charge in [-0.05, 0) is 12.2 Å². The van der Waals surface area contributed by atoms with Crippen LogP contribution in [0.4, 0.5) is 0 Å². The third-order valence-electron chi connectivity index (χ3n) is 3.75. The average molecular weight is 378 g/mol. The van der Waals surface area contributed by atoms with Crippen molar-refractivity contribution in [3.8, 4) is 0 Å². The van der Waals surface area contributed by atoms with Crippen molar-refractivity contribution in [1.29, 1.82) is 0 Å². The predicted molar refractivity (Wildman–Crippen MR) is 82.9 cm³/mol. The molecule has 4 unspecified atom stereocenters. The maximum absolute atomic E-state index is 10.5. The molecule has 116 valence electrons. The molecule has 2 aliphatic heterocycles. The van der Waals surface area contributed by atoms with Crippen LogP contribution in [0.25, 0.3) is 0 Å². The molecular formula is C14H10CaO6S2. The maximum Gasteiger partial charge on any atom is 2.00 e. The van der Waals surface area contributed by atoms with Crippen LogP contribution in [0.3, 0.4) is 0 Å². The van der Waals surface area contributed by atoms with Gasteiger partial charge in [0, 0.05) is 0 Å². The summed E-state index contributed by atoms with van der Waals surface area (Å²) in [5.41, 5.74) is 0. The first-order valence-corrected chi connectivity index (χ1v) is 7.87. The topological polar surface area (TPSA) is 121 Å². The van der Waals surface area contributed by atoms with Gasteiger partial charge < -0.3 is 30.0 Å². The Morgan fingerprint density at radius 2 is 1.04 bits per heavy atom. The summed E-state index contributed by atoms with van der Waals surface area (Å²) in [4.78, 5) is 18.6. The number of thioether (sulfide) groups is 2. The fourth-order valence-electron chi connectivity index (χ4n) is 2.33. The second kappa shape index (κ2) is 5.94. The van der Waals surface area contributed by atoms with Crippen LogP contribution in [0.2, 0.25) is 0 Å². The van der Waals surface area contributed by atoms with Crippen LogP contribution in [0.1, 0.15) is 0 Å². The molecule has 0 spiro atoms. The third-order valence-corrected chi connectivity index (χ3v) is 6.75. The Labute approximate surface area is 170 Å². The average Bonchev–Trinajstić information content (AvgIpc) is 3.28. The smallest absolute Gasteiger partial charge is 0.548 e. The zero-order valence-electron chi connectivity index (χ0n) is 11.7. The molecule has 6 nitrogen and oxygen atoms in total. The van der Waals surface area contributed by atoms with Gasteiger partial charge in [0.2, 0.25) is 0 Å². The van der Waals surface area contributed by atoms with Crippen LogP contribution >= 0.6 is 23.5 Å². The quantitative estimate of drug-likeness (QED) is 0.406. The largest absolute Gasteiger partial charge is 2.00 e. The number of carbonyl (C=O) groups is 2. The molecule has 0 aromatic carbocycles. The molecule has 2 saturated heterocycles. The number of carboxylic acids is 2. The number of carboxylic acid groups (broad SMARTS) is 2. The first-order chi connectivity index (χ1) is 10.2. The molecule has 0 amide bonds. The van der Waals surface area contributed by atoms with Gasteiger partial charge in [0.15, 0.2) is 9.87 Å². The number of rotatable bonds is 2. The first kappa shape index (κ1) is 19.1. The molecule has 4 rings (SSSR count). The summed E-state index contributed by atoms with van der Waals surface area (Å²) >= 11 is 1.95. The van der Waals surface area contributed by atoms with Gasteiger partial charge in [-0.2, -0.15) is 0 Å². The van der Waals surface area contributed by atoms with Crippen molar-refractivity contribution < 1.29 is 30.0 Å². The Morgan fingerprint density at radius 1 is 0.739 bits per heavy atom. The minimum absolute atomic E-state index is 0. The molecule has 0 radical (unpaired) electrons. The van der Waals surface area contributed by atoms with Crippen molar-refractivity contribution in [2.75, 3.05) is 0 Å². The van der Waals surface area contributed by atoms with Crippen LogP contribution < -0.4 is 10.2 Å². The SMILES string of the molecule is O=C([O-])C12C=CC=CC1(O)S2.O=C([O-])C12C=CC=CC1(O)S2.[Ca+2]. The van der Waals surface area contributed by atoms with E-state index in [0.29, 0.717) is 0 Å². The minimum atomic E-state index is -1.25. The predicted octanol–water partition coefficient (Wildman–Crippen LogP) is -2.31. The normalized spacial score (nSPS) is 43.2. The fraction of sp³-hybridized carbons (Fsp3) is 0.286. The molecule has 0 aromatic rings. The van der Waals surface area contributed by atoms with Gasteiger partial charge in [-0.15, -0.1) is 0 Å². The number of allylic oxidation sites excluding steroid dienone is 4. The second-order valence-electron chi connectivity index (χ2n) is 5.08. The van der Waals surface area contributed by atoms with E-state index in [9.17, 15) is 30.0 Å². The number of aliphatic carboxylic acids is 2. The third kappa shape index (κ3) is 2.74. The Kier molecular flexibility index (Phi) is 4.94. The second-order valence-corrected chi connectivity index (χ2v) is 8.02. The minimum Gasteiger partial charge on any atom is -0.548 e. The van der Waals surface area contributed by atoms with E-state index in [0.717, 1.165) is 23.5 Å². The van der Waals surface area contributed by atoms with Crippen molar-refractivity contribution in [3.63, 3.8) is 0 Å². The maximum atomic E-state index is 10.5. The summed E-state index contributed by atoms with van der Waals surface area (Å²) in [7, 11) is 0.